The van der Waals surface area contributed by atoms with Gasteiger partial charge in [-0.2, -0.15) is 0 Å². The summed E-state index contributed by atoms with van der Waals surface area (Å²) in [6, 6.07) is 12.3. The fraction of sp³-hybridized carbons (Fsp3) is 0.318. The molecule has 0 aliphatic carbocycles. The molecule has 1 spiro atoms. The van der Waals surface area contributed by atoms with Crippen LogP contribution in [0, 0.1) is 5.82 Å². The zero-order valence-corrected chi connectivity index (χ0v) is 17.4. The fourth-order valence-electron chi connectivity index (χ4n) is 3.91. The van der Waals surface area contributed by atoms with E-state index in [0.29, 0.717) is 5.75 Å². The Labute approximate surface area is 183 Å². The molecule has 2 aliphatic rings. The molecule has 9 heteroatoms. The van der Waals surface area contributed by atoms with Crippen LogP contribution in [0.15, 0.2) is 48.5 Å². The van der Waals surface area contributed by atoms with E-state index in [4.69, 9.17) is 16.3 Å². The number of hydrogen-bond acceptors (Lipinski definition) is 4. The lowest BCUT2D eigenvalue weighted by molar-refractivity contribution is -0.133. The number of nitrogens with zero attached hydrogens (tertiary/aromatic N) is 2. The van der Waals surface area contributed by atoms with E-state index < -0.39 is 17.4 Å². The number of imide groups is 1. The maximum absolute atomic E-state index is 13.3. The van der Waals surface area contributed by atoms with Crippen LogP contribution in [0.2, 0.25) is 5.02 Å². The van der Waals surface area contributed by atoms with E-state index in [1.54, 1.807) is 17.0 Å². The number of halogens is 2. The van der Waals surface area contributed by atoms with Crippen molar-refractivity contribution in [2.45, 2.75) is 18.4 Å². The summed E-state index contributed by atoms with van der Waals surface area (Å²) >= 11 is 6.00. The Hall–Kier alpha value is -3.13. The number of likely N-dealkylation sites (tertiary alicyclic amines) is 1. The molecule has 1 N–H and O–H groups in total. The van der Waals surface area contributed by atoms with Crippen molar-refractivity contribution in [1.82, 2.24) is 15.1 Å². The van der Waals surface area contributed by atoms with Crippen molar-refractivity contribution in [3.05, 3.63) is 64.9 Å². The zero-order chi connectivity index (χ0) is 22.0. The third kappa shape index (κ3) is 4.20. The molecule has 0 aromatic heterocycles. The Morgan fingerprint density at radius 1 is 1.13 bits per heavy atom. The van der Waals surface area contributed by atoms with E-state index in [0.717, 1.165) is 11.0 Å². The second-order valence-electron chi connectivity index (χ2n) is 7.55. The first-order chi connectivity index (χ1) is 14.9. The number of hydrogen-bond donors (Lipinski definition) is 1. The van der Waals surface area contributed by atoms with E-state index in [9.17, 15) is 18.8 Å². The van der Waals surface area contributed by atoms with Crippen LogP contribution in [0.25, 0.3) is 0 Å². The Kier molecular flexibility index (Phi) is 5.82. The van der Waals surface area contributed by atoms with Crippen LogP contribution < -0.4 is 10.1 Å². The van der Waals surface area contributed by atoms with Crippen LogP contribution in [-0.4, -0.2) is 59.4 Å². The van der Waals surface area contributed by atoms with Crippen LogP contribution in [-0.2, 0) is 4.79 Å². The third-order valence-corrected chi connectivity index (χ3v) is 5.95. The maximum atomic E-state index is 13.3. The SMILES string of the molecule is O=C(c1ccc(F)cc1Cl)N1CCC2(CC1)NC(=O)N(CCOc1ccccc1)C2=O. The van der Waals surface area contributed by atoms with Crippen molar-refractivity contribution >= 4 is 29.4 Å². The molecular formula is C22H21ClFN3O4. The topological polar surface area (TPSA) is 79.0 Å². The minimum atomic E-state index is -1.02. The summed E-state index contributed by atoms with van der Waals surface area (Å²) in [7, 11) is 0. The summed E-state index contributed by atoms with van der Waals surface area (Å²) < 4.78 is 18.8. The zero-order valence-electron chi connectivity index (χ0n) is 16.6. The average Bonchev–Trinajstić information content (AvgIpc) is 2.98. The summed E-state index contributed by atoms with van der Waals surface area (Å²) in [6.07, 6.45) is 0.580. The van der Waals surface area contributed by atoms with Gasteiger partial charge >= 0.3 is 6.03 Å². The Bertz CT molecular complexity index is 1010. The summed E-state index contributed by atoms with van der Waals surface area (Å²) in [5, 5.41) is 2.85. The quantitative estimate of drug-likeness (QED) is 0.717. The molecule has 0 radical (unpaired) electrons. The van der Waals surface area contributed by atoms with Gasteiger partial charge in [0, 0.05) is 13.1 Å². The number of carbonyl (C=O) groups excluding carboxylic acids is 3. The van der Waals surface area contributed by atoms with Gasteiger partial charge in [0.2, 0.25) is 0 Å². The summed E-state index contributed by atoms with van der Waals surface area (Å²) in [4.78, 5) is 40.9. The van der Waals surface area contributed by atoms with Crippen molar-refractivity contribution in [1.29, 1.82) is 0 Å². The van der Waals surface area contributed by atoms with E-state index in [1.165, 1.54) is 12.1 Å². The van der Waals surface area contributed by atoms with Crippen molar-refractivity contribution in [2.24, 2.45) is 0 Å². The number of rotatable bonds is 5. The smallest absolute Gasteiger partial charge is 0.325 e. The van der Waals surface area contributed by atoms with Crippen LogP contribution in [0.5, 0.6) is 5.75 Å². The van der Waals surface area contributed by atoms with Crippen LogP contribution in [0.4, 0.5) is 9.18 Å². The number of piperidine rings is 1. The van der Waals surface area contributed by atoms with Gasteiger partial charge in [0.15, 0.2) is 0 Å². The number of amides is 4. The molecule has 7 nitrogen and oxygen atoms in total. The Morgan fingerprint density at radius 3 is 2.52 bits per heavy atom. The van der Waals surface area contributed by atoms with Crippen molar-refractivity contribution < 1.29 is 23.5 Å². The minimum absolute atomic E-state index is 0.0418. The molecule has 2 aromatic carbocycles. The maximum Gasteiger partial charge on any atom is 0.325 e. The molecule has 162 valence electrons. The molecule has 31 heavy (non-hydrogen) atoms. The van der Waals surface area contributed by atoms with Gasteiger partial charge in [-0.25, -0.2) is 9.18 Å². The normalized spacial score (nSPS) is 17.7. The largest absolute Gasteiger partial charge is 0.492 e. The van der Waals surface area contributed by atoms with Gasteiger partial charge in [-0.05, 0) is 43.2 Å². The summed E-state index contributed by atoms with van der Waals surface area (Å²) in [6.45, 7) is 0.863. The first-order valence-corrected chi connectivity index (χ1v) is 10.3. The lowest BCUT2D eigenvalue weighted by Gasteiger charge is -2.37. The highest BCUT2D eigenvalue weighted by molar-refractivity contribution is 6.33. The third-order valence-electron chi connectivity index (χ3n) is 5.64. The number of carbonyl (C=O) groups is 3. The van der Waals surface area contributed by atoms with E-state index in [1.807, 2.05) is 18.2 Å². The fourth-order valence-corrected chi connectivity index (χ4v) is 4.16. The molecule has 0 bridgehead atoms. The monoisotopic (exact) mass is 445 g/mol. The average molecular weight is 446 g/mol. The highest BCUT2D eigenvalue weighted by atomic mass is 35.5. The number of benzene rings is 2. The summed E-state index contributed by atoms with van der Waals surface area (Å²) in [5.41, 5.74) is -0.812. The predicted octanol–water partition coefficient (Wildman–Crippen LogP) is 3.08. The Morgan fingerprint density at radius 2 is 1.84 bits per heavy atom. The summed E-state index contributed by atoms with van der Waals surface area (Å²) in [5.74, 6) is -0.490. The molecule has 2 aliphatic heterocycles. The van der Waals surface area contributed by atoms with E-state index in [-0.39, 0.29) is 61.5 Å². The van der Waals surface area contributed by atoms with Crippen LogP contribution >= 0.6 is 11.6 Å². The van der Waals surface area contributed by atoms with Gasteiger partial charge in [0.05, 0.1) is 17.1 Å². The van der Waals surface area contributed by atoms with Gasteiger partial charge in [-0.1, -0.05) is 29.8 Å². The van der Waals surface area contributed by atoms with Gasteiger partial charge in [-0.3, -0.25) is 14.5 Å². The number of urea groups is 1. The second-order valence-corrected chi connectivity index (χ2v) is 7.95. The lowest BCUT2D eigenvalue weighted by atomic mass is 9.87. The van der Waals surface area contributed by atoms with Crippen LogP contribution in [0.1, 0.15) is 23.2 Å². The highest BCUT2D eigenvalue weighted by Crippen LogP contribution is 2.31. The molecule has 0 saturated carbocycles. The Balaban J connectivity index is 1.36. The standard InChI is InChI=1S/C22H21ClFN3O4/c23-18-14-15(24)6-7-17(18)19(28)26-10-8-22(9-11-26)20(29)27(21(30)25-22)12-13-31-16-4-2-1-3-5-16/h1-7,14H,8-13H2,(H,25,30). The molecule has 2 aromatic rings. The molecule has 4 rings (SSSR count). The van der Waals surface area contributed by atoms with Gasteiger partial charge in [0.25, 0.3) is 11.8 Å². The number of nitrogens with one attached hydrogen (secondary N) is 1. The first-order valence-electron chi connectivity index (χ1n) is 9.96. The molecule has 2 saturated heterocycles. The molecule has 4 amide bonds. The van der Waals surface area contributed by atoms with Crippen LogP contribution in [0.3, 0.4) is 0 Å². The van der Waals surface area contributed by atoms with Gasteiger partial charge < -0.3 is 15.0 Å². The first kappa shape index (κ1) is 21.1. The second kappa shape index (κ2) is 8.55. The van der Waals surface area contributed by atoms with E-state index >= 15 is 0 Å². The van der Waals surface area contributed by atoms with Crippen molar-refractivity contribution in [3.63, 3.8) is 0 Å². The molecule has 0 atom stereocenters. The highest BCUT2D eigenvalue weighted by Gasteiger charge is 2.52. The molecular weight excluding hydrogens is 425 g/mol. The molecule has 2 fully saturated rings. The lowest BCUT2D eigenvalue weighted by Crippen LogP contribution is -2.56. The number of ether oxygens (including phenoxy) is 1. The molecule has 0 unspecified atom stereocenters. The minimum Gasteiger partial charge on any atom is -0.492 e. The molecule has 2 heterocycles. The van der Waals surface area contributed by atoms with Crippen molar-refractivity contribution in [3.8, 4) is 5.75 Å². The van der Waals surface area contributed by atoms with Gasteiger partial charge in [0.1, 0.15) is 23.7 Å². The number of para-hydroxylation sites is 1. The van der Waals surface area contributed by atoms with Gasteiger partial charge in [-0.15, -0.1) is 0 Å². The van der Waals surface area contributed by atoms with Crippen molar-refractivity contribution in [2.75, 3.05) is 26.2 Å². The van der Waals surface area contributed by atoms with E-state index in [2.05, 4.69) is 5.32 Å². The predicted molar refractivity (Wildman–Crippen MR) is 111 cm³/mol.